The zero-order valence-electron chi connectivity index (χ0n) is 11.6. The number of rotatable bonds is 2. The lowest BCUT2D eigenvalue weighted by molar-refractivity contribution is 0.0912. The highest BCUT2D eigenvalue weighted by Crippen LogP contribution is 2.35. The van der Waals surface area contributed by atoms with Crippen molar-refractivity contribution in [2.24, 2.45) is 5.92 Å². The van der Waals surface area contributed by atoms with E-state index in [1.54, 1.807) is 0 Å². The first-order valence-electron chi connectivity index (χ1n) is 7.78. The van der Waals surface area contributed by atoms with E-state index >= 15 is 0 Å². The fourth-order valence-electron chi connectivity index (χ4n) is 3.47. The Balaban J connectivity index is 1.72. The molecule has 1 unspecified atom stereocenters. The van der Waals surface area contributed by atoms with Crippen LogP contribution in [-0.2, 0) is 6.42 Å². The van der Waals surface area contributed by atoms with Crippen LogP contribution < -0.4 is 4.74 Å². The van der Waals surface area contributed by atoms with Gasteiger partial charge in [0.25, 0.3) is 0 Å². The molecule has 1 N–H and O–H groups in total. The van der Waals surface area contributed by atoms with Gasteiger partial charge in [-0.2, -0.15) is 0 Å². The van der Waals surface area contributed by atoms with Gasteiger partial charge in [0.05, 0.1) is 12.7 Å². The van der Waals surface area contributed by atoms with E-state index in [0.29, 0.717) is 5.92 Å². The largest absolute Gasteiger partial charge is 0.493 e. The Hall–Kier alpha value is -1.02. The number of ether oxygens (including phenoxy) is 1. The smallest absolute Gasteiger partial charge is 0.122 e. The van der Waals surface area contributed by atoms with Gasteiger partial charge in [0, 0.05) is 6.42 Å². The van der Waals surface area contributed by atoms with Crippen molar-refractivity contribution in [3.05, 3.63) is 29.3 Å². The Morgan fingerprint density at radius 3 is 2.58 bits per heavy atom. The third-order valence-electron chi connectivity index (χ3n) is 4.65. The number of fused-ring (bicyclic) bond motifs is 1. The summed E-state index contributed by atoms with van der Waals surface area (Å²) in [5.74, 6) is 1.45. The average molecular weight is 260 g/mol. The van der Waals surface area contributed by atoms with Crippen molar-refractivity contribution in [3.63, 3.8) is 0 Å². The van der Waals surface area contributed by atoms with Gasteiger partial charge in [0.2, 0.25) is 0 Å². The van der Waals surface area contributed by atoms with Crippen molar-refractivity contribution >= 4 is 0 Å². The molecule has 0 bridgehead atoms. The van der Waals surface area contributed by atoms with Crippen LogP contribution in [-0.4, -0.2) is 11.7 Å². The SMILES string of the molecule is OC(c1ccc2c(c1)CCO2)C1CCCCCCC1. The molecule has 0 aromatic heterocycles. The first-order chi connectivity index (χ1) is 9.34. The van der Waals surface area contributed by atoms with Crippen LogP contribution in [0.3, 0.4) is 0 Å². The van der Waals surface area contributed by atoms with E-state index in [-0.39, 0.29) is 6.10 Å². The number of aliphatic hydroxyl groups is 1. The summed E-state index contributed by atoms with van der Waals surface area (Å²) in [5, 5.41) is 10.7. The second kappa shape index (κ2) is 5.96. The number of hydrogen-bond acceptors (Lipinski definition) is 2. The molecular weight excluding hydrogens is 236 g/mol. The van der Waals surface area contributed by atoms with Gasteiger partial charge in [0.1, 0.15) is 5.75 Å². The summed E-state index contributed by atoms with van der Waals surface area (Å²) < 4.78 is 5.53. The summed E-state index contributed by atoms with van der Waals surface area (Å²) in [5.41, 5.74) is 2.36. The van der Waals surface area contributed by atoms with Crippen LogP contribution in [0.5, 0.6) is 5.75 Å². The molecule has 1 aromatic carbocycles. The Labute approximate surface area is 115 Å². The molecule has 1 atom stereocenters. The van der Waals surface area contributed by atoms with Gasteiger partial charge in [-0.3, -0.25) is 0 Å². The monoisotopic (exact) mass is 260 g/mol. The van der Waals surface area contributed by atoms with E-state index in [0.717, 1.165) is 24.3 Å². The van der Waals surface area contributed by atoms with Crippen LogP contribution in [0.15, 0.2) is 18.2 Å². The predicted molar refractivity (Wildman–Crippen MR) is 76.4 cm³/mol. The quantitative estimate of drug-likeness (QED) is 0.870. The maximum absolute atomic E-state index is 10.7. The standard InChI is InChI=1S/C17H24O2/c18-17(13-6-4-2-1-3-5-7-13)15-8-9-16-14(12-15)10-11-19-16/h8-9,12-13,17-18H,1-7,10-11H2. The van der Waals surface area contributed by atoms with E-state index in [2.05, 4.69) is 6.07 Å². The molecule has 1 aliphatic carbocycles. The van der Waals surface area contributed by atoms with Crippen LogP contribution in [0.2, 0.25) is 0 Å². The first-order valence-corrected chi connectivity index (χ1v) is 7.78. The minimum absolute atomic E-state index is 0.288. The van der Waals surface area contributed by atoms with Crippen molar-refractivity contribution in [1.82, 2.24) is 0 Å². The third-order valence-corrected chi connectivity index (χ3v) is 4.65. The second-order valence-electron chi connectivity index (χ2n) is 6.02. The fourth-order valence-corrected chi connectivity index (χ4v) is 3.47. The summed E-state index contributed by atoms with van der Waals surface area (Å²) in [7, 11) is 0. The highest BCUT2D eigenvalue weighted by molar-refractivity contribution is 5.40. The lowest BCUT2D eigenvalue weighted by Gasteiger charge is -2.25. The highest BCUT2D eigenvalue weighted by atomic mass is 16.5. The zero-order chi connectivity index (χ0) is 13.1. The van der Waals surface area contributed by atoms with Gasteiger partial charge < -0.3 is 9.84 Å². The molecule has 1 aliphatic heterocycles. The lowest BCUT2D eigenvalue weighted by Crippen LogP contribution is -2.14. The Morgan fingerprint density at radius 2 is 1.79 bits per heavy atom. The van der Waals surface area contributed by atoms with Crippen LogP contribution >= 0.6 is 0 Å². The van der Waals surface area contributed by atoms with Crippen molar-refractivity contribution < 1.29 is 9.84 Å². The summed E-state index contributed by atoms with van der Waals surface area (Å²) in [6.07, 6.45) is 9.64. The Morgan fingerprint density at radius 1 is 1.05 bits per heavy atom. The van der Waals surface area contributed by atoms with Crippen molar-refractivity contribution in [2.45, 2.75) is 57.5 Å². The van der Waals surface area contributed by atoms with Crippen molar-refractivity contribution in [3.8, 4) is 5.75 Å². The van der Waals surface area contributed by atoms with Crippen LogP contribution in [0.25, 0.3) is 0 Å². The predicted octanol–water partition coefficient (Wildman–Crippen LogP) is 4.02. The molecule has 2 heteroatoms. The van der Waals surface area contributed by atoms with E-state index in [1.807, 2.05) is 12.1 Å². The molecule has 2 nitrogen and oxygen atoms in total. The molecule has 2 aliphatic rings. The summed E-state index contributed by atoms with van der Waals surface area (Å²) in [6.45, 7) is 0.790. The van der Waals surface area contributed by atoms with E-state index in [9.17, 15) is 5.11 Å². The van der Waals surface area contributed by atoms with E-state index < -0.39 is 0 Å². The molecule has 1 aromatic rings. The summed E-state index contributed by atoms with van der Waals surface area (Å²) in [6, 6.07) is 6.24. The minimum Gasteiger partial charge on any atom is -0.493 e. The summed E-state index contributed by atoms with van der Waals surface area (Å²) in [4.78, 5) is 0. The number of aliphatic hydroxyl groups excluding tert-OH is 1. The second-order valence-corrected chi connectivity index (χ2v) is 6.02. The van der Waals surface area contributed by atoms with Gasteiger partial charge in [-0.05, 0) is 42.0 Å². The van der Waals surface area contributed by atoms with Gasteiger partial charge in [-0.15, -0.1) is 0 Å². The molecule has 0 radical (unpaired) electrons. The van der Waals surface area contributed by atoms with Crippen molar-refractivity contribution in [1.29, 1.82) is 0 Å². The Kier molecular flexibility index (Phi) is 4.07. The molecule has 1 saturated carbocycles. The molecule has 1 heterocycles. The van der Waals surface area contributed by atoms with E-state index in [1.165, 1.54) is 50.5 Å². The van der Waals surface area contributed by atoms with E-state index in [4.69, 9.17) is 4.74 Å². The molecule has 104 valence electrons. The third kappa shape index (κ3) is 2.94. The fraction of sp³-hybridized carbons (Fsp3) is 0.647. The van der Waals surface area contributed by atoms with Crippen LogP contribution in [0.4, 0.5) is 0 Å². The number of hydrogen-bond donors (Lipinski definition) is 1. The lowest BCUT2D eigenvalue weighted by atomic mass is 9.84. The number of benzene rings is 1. The minimum atomic E-state index is -0.288. The van der Waals surface area contributed by atoms with Gasteiger partial charge in [0.15, 0.2) is 0 Å². The Bertz CT molecular complexity index is 419. The van der Waals surface area contributed by atoms with Crippen molar-refractivity contribution in [2.75, 3.05) is 6.61 Å². The molecule has 3 rings (SSSR count). The zero-order valence-corrected chi connectivity index (χ0v) is 11.6. The molecule has 19 heavy (non-hydrogen) atoms. The molecule has 1 fully saturated rings. The summed E-state index contributed by atoms with van der Waals surface area (Å²) >= 11 is 0. The molecule has 0 saturated heterocycles. The first kappa shape index (κ1) is 13.0. The van der Waals surface area contributed by atoms with Gasteiger partial charge in [-0.1, -0.05) is 38.2 Å². The van der Waals surface area contributed by atoms with Crippen LogP contribution in [0, 0.1) is 5.92 Å². The molecule has 0 amide bonds. The molecule has 0 spiro atoms. The van der Waals surface area contributed by atoms with Gasteiger partial charge >= 0.3 is 0 Å². The molecular formula is C17H24O2. The normalized spacial score (nSPS) is 22.2. The highest BCUT2D eigenvalue weighted by Gasteiger charge is 2.23. The van der Waals surface area contributed by atoms with Gasteiger partial charge in [-0.25, -0.2) is 0 Å². The topological polar surface area (TPSA) is 29.5 Å². The van der Waals surface area contributed by atoms with Crippen LogP contribution in [0.1, 0.15) is 62.2 Å². The maximum atomic E-state index is 10.7. The average Bonchev–Trinajstić information content (AvgIpc) is 2.84. The maximum Gasteiger partial charge on any atom is 0.122 e.